The van der Waals surface area contributed by atoms with Crippen molar-refractivity contribution in [3.63, 3.8) is 0 Å². The van der Waals surface area contributed by atoms with Gasteiger partial charge in [-0.15, -0.1) is 0 Å². The van der Waals surface area contributed by atoms with Crippen molar-refractivity contribution in [1.82, 2.24) is 0 Å². The van der Waals surface area contributed by atoms with Crippen LogP contribution in [-0.4, -0.2) is 16.2 Å². The molecule has 0 fully saturated rings. The summed E-state index contributed by atoms with van der Waals surface area (Å²) in [5.74, 6) is -1.64. The number of carboxylic acids is 1. The molecule has 106 valence electrons. The lowest BCUT2D eigenvalue weighted by Crippen LogP contribution is -2.22. The summed E-state index contributed by atoms with van der Waals surface area (Å²) in [6.45, 7) is 7.94. The van der Waals surface area contributed by atoms with Gasteiger partial charge in [-0.25, -0.2) is 0 Å². The minimum Gasteiger partial charge on any atom is -0.481 e. The predicted molar refractivity (Wildman–Crippen MR) is 76.3 cm³/mol. The van der Waals surface area contributed by atoms with Crippen LogP contribution in [0.5, 0.6) is 0 Å². The number of carbonyl (C=O) groups is 1. The topological polar surface area (TPSA) is 57.5 Å². The van der Waals surface area contributed by atoms with Crippen LogP contribution in [0.3, 0.4) is 0 Å². The van der Waals surface area contributed by atoms with Crippen LogP contribution in [0.4, 0.5) is 0 Å². The van der Waals surface area contributed by atoms with E-state index in [9.17, 15) is 15.0 Å². The Bertz CT molecular complexity index is 452. The smallest absolute Gasteiger partial charge is 0.309 e. The number of unbranched alkanes of at least 4 members (excludes halogenated alkanes) is 1. The van der Waals surface area contributed by atoms with Crippen LogP contribution in [0, 0.1) is 26.7 Å². The van der Waals surface area contributed by atoms with Gasteiger partial charge in [-0.1, -0.05) is 31.9 Å². The van der Waals surface area contributed by atoms with Gasteiger partial charge < -0.3 is 10.2 Å². The van der Waals surface area contributed by atoms with E-state index in [0.29, 0.717) is 6.42 Å². The second-order valence-electron chi connectivity index (χ2n) is 5.32. The van der Waals surface area contributed by atoms with Gasteiger partial charge in [0.25, 0.3) is 0 Å². The zero-order valence-corrected chi connectivity index (χ0v) is 12.2. The van der Waals surface area contributed by atoms with Crippen LogP contribution in [0.2, 0.25) is 0 Å². The van der Waals surface area contributed by atoms with Gasteiger partial charge >= 0.3 is 5.97 Å². The van der Waals surface area contributed by atoms with E-state index in [2.05, 4.69) is 0 Å². The highest BCUT2D eigenvalue weighted by atomic mass is 16.4. The number of hydrogen-bond acceptors (Lipinski definition) is 2. The average Bonchev–Trinajstić information content (AvgIpc) is 2.33. The molecule has 0 bridgehead atoms. The van der Waals surface area contributed by atoms with Crippen LogP contribution in [-0.2, 0) is 4.79 Å². The van der Waals surface area contributed by atoms with Gasteiger partial charge in [0.1, 0.15) is 0 Å². The molecule has 3 heteroatoms. The number of benzene rings is 1. The molecule has 1 aromatic rings. The maximum Gasteiger partial charge on any atom is 0.309 e. The van der Waals surface area contributed by atoms with E-state index in [1.54, 1.807) is 0 Å². The highest BCUT2D eigenvalue weighted by Gasteiger charge is 2.28. The largest absolute Gasteiger partial charge is 0.481 e. The van der Waals surface area contributed by atoms with Crippen molar-refractivity contribution in [3.05, 3.63) is 34.4 Å². The van der Waals surface area contributed by atoms with Gasteiger partial charge in [0.15, 0.2) is 0 Å². The Morgan fingerprint density at radius 1 is 1.16 bits per heavy atom. The summed E-state index contributed by atoms with van der Waals surface area (Å²) in [7, 11) is 0. The number of aliphatic carboxylic acids is 1. The molecule has 0 saturated heterocycles. The Balaban J connectivity index is 3.05. The number of hydrogen-bond donors (Lipinski definition) is 2. The van der Waals surface area contributed by atoms with E-state index in [1.165, 1.54) is 0 Å². The Morgan fingerprint density at radius 3 is 2.26 bits per heavy atom. The molecule has 2 atom stereocenters. The fourth-order valence-electron chi connectivity index (χ4n) is 2.36. The minimum atomic E-state index is -0.927. The Morgan fingerprint density at radius 2 is 1.74 bits per heavy atom. The predicted octanol–water partition coefficient (Wildman–Crippen LogP) is 3.54. The average molecular weight is 264 g/mol. The third kappa shape index (κ3) is 3.80. The molecule has 0 aliphatic heterocycles. The van der Waals surface area contributed by atoms with Gasteiger partial charge in [0, 0.05) is 0 Å². The normalized spacial score (nSPS) is 14.2. The molecule has 19 heavy (non-hydrogen) atoms. The van der Waals surface area contributed by atoms with Crippen LogP contribution in [0.15, 0.2) is 12.1 Å². The van der Waals surface area contributed by atoms with Gasteiger partial charge in [-0.2, -0.15) is 0 Å². The van der Waals surface area contributed by atoms with E-state index in [4.69, 9.17) is 0 Å². The van der Waals surface area contributed by atoms with Crippen molar-refractivity contribution >= 4 is 5.97 Å². The number of aliphatic hydroxyl groups excluding tert-OH is 1. The molecule has 0 heterocycles. The zero-order chi connectivity index (χ0) is 14.6. The van der Waals surface area contributed by atoms with E-state index >= 15 is 0 Å². The molecule has 3 nitrogen and oxygen atoms in total. The fraction of sp³-hybridized carbons (Fsp3) is 0.562. The van der Waals surface area contributed by atoms with Gasteiger partial charge in [-0.05, 0) is 49.4 Å². The van der Waals surface area contributed by atoms with Gasteiger partial charge in [-0.3, -0.25) is 4.79 Å². The number of rotatable bonds is 6. The molecule has 0 aliphatic carbocycles. The number of carboxylic acid groups (broad SMARTS) is 1. The molecule has 0 radical (unpaired) electrons. The molecule has 0 aromatic heterocycles. The molecule has 2 N–H and O–H groups in total. The Kier molecular flexibility index (Phi) is 5.55. The third-order valence-corrected chi connectivity index (χ3v) is 3.77. The van der Waals surface area contributed by atoms with E-state index in [1.807, 2.05) is 39.8 Å². The van der Waals surface area contributed by atoms with Crippen LogP contribution in [0.25, 0.3) is 0 Å². The molecular formula is C16H24O3. The number of aryl methyl sites for hydroxylation is 3. The molecule has 1 rings (SSSR count). The summed E-state index contributed by atoms with van der Waals surface area (Å²) >= 11 is 0. The van der Waals surface area contributed by atoms with Crippen molar-refractivity contribution in [1.29, 1.82) is 0 Å². The van der Waals surface area contributed by atoms with E-state index in [0.717, 1.165) is 35.1 Å². The van der Waals surface area contributed by atoms with Gasteiger partial charge in [0.2, 0.25) is 0 Å². The molecule has 0 spiro atoms. The first-order chi connectivity index (χ1) is 8.88. The Hall–Kier alpha value is -1.35. The van der Waals surface area contributed by atoms with Crippen molar-refractivity contribution in [3.8, 4) is 0 Å². The summed E-state index contributed by atoms with van der Waals surface area (Å²) in [5.41, 5.74) is 3.94. The maximum atomic E-state index is 11.3. The van der Waals surface area contributed by atoms with Crippen molar-refractivity contribution in [2.24, 2.45) is 5.92 Å². The molecular weight excluding hydrogens is 240 g/mol. The third-order valence-electron chi connectivity index (χ3n) is 3.77. The first kappa shape index (κ1) is 15.7. The lowest BCUT2D eigenvalue weighted by molar-refractivity contribution is -0.146. The molecule has 0 saturated carbocycles. The molecule has 1 aromatic carbocycles. The van der Waals surface area contributed by atoms with Crippen LogP contribution >= 0.6 is 0 Å². The SMILES string of the molecule is CCCCC(C(=O)O)C(O)c1cc(C)c(C)cc1C. The highest BCUT2D eigenvalue weighted by molar-refractivity contribution is 5.71. The summed E-state index contributed by atoms with van der Waals surface area (Å²) in [5, 5.41) is 19.7. The maximum absolute atomic E-state index is 11.3. The van der Waals surface area contributed by atoms with Crippen molar-refractivity contribution < 1.29 is 15.0 Å². The summed E-state index contributed by atoms with van der Waals surface area (Å²) in [4.78, 5) is 11.3. The monoisotopic (exact) mass is 264 g/mol. The first-order valence-electron chi connectivity index (χ1n) is 6.87. The van der Waals surface area contributed by atoms with Crippen LogP contribution < -0.4 is 0 Å². The molecule has 2 unspecified atom stereocenters. The number of aliphatic hydroxyl groups is 1. The van der Waals surface area contributed by atoms with Crippen LogP contribution in [0.1, 0.15) is 54.5 Å². The van der Waals surface area contributed by atoms with Gasteiger partial charge in [0.05, 0.1) is 12.0 Å². The minimum absolute atomic E-state index is 0.513. The first-order valence-corrected chi connectivity index (χ1v) is 6.87. The second-order valence-corrected chi connectivity index (χ2v) is 5.32. The zero-order valence-electron chi connectivity index (χ0n) is 12.2. The van der Waals surface area contributed by atoms with Crippen molar-refractivity contribution in [2.75, 3.05) is 0 Å². The molecule has 0 aliphatic rings. The van der Waals surface area contributed by atoms with E-state index < -0.39 is 18.0 Å². The second kappa shape index (κ2) is 6.71. The fourth-order valence-corrected chi connectivity index (χ4v) is 2.36. The lowest BCUT2D eigenvalue weighted by atomic mass is 9.87. The quantitative estimate of drug-likeness (QED) is 0.826. The van der Waals surface area contributed by atoms with Crippen molar-refractivity contribution in [2.45, 2.75) is 53.1 Å². The summed E-state index contributed by atoms with van der Waals surface area (Å²) in [6, 6.07) is 3.92. The highest BCUT2D eigenvalue weighted by Crippen LogP contribution is 2.30. The summed E-state index contributed by atoms with van der Waals surface area (Å²) in [6.07, 6.45) is 1.34. The summed E-state index contributed by atoms with van der Waals surface area (Å²) < 4.78 is 0. The standard InChI is InChI=1S/C16H24O3/c1-5-6-7-13(16(18)19)15(17)14-9-11(3)10(2)8-12(14)4/h8-9,13,15,17H,5-7H2,1-4H3,(H,18,19). The lowest BCUT2D eigenvalue weighted by Gasteiger charge is -2.22. The Labute approximate surface area is 115 Å². The van der Waals surface area contributed by atoms with E-state index in [-0.39, 0.29) is 0 Å². The molecule has 0 amide bonds.